The summed E-state index contributed by atoms with van der Waals surface area (Å²) in [6.45, 7) is 6.29. The molecule has 8 heteroatoms. The van der Waals surface area contributed by atoms with Crippen LogP contribution in [-0.2, 0) is 4.79 Å². The molecular formula is C21H23N5O2S. The Morgan fingerprint density at radius 1 is 1.34 bits per heavy atom. The SMILES string of the molecule is CC1(C)CN(c2ccc3nccc(C(=O)NCC(=O)N4CSCC4C#N)c3c2)C1. The highest BCUT2D eigenvalue weighted by Gasteiger charge is 2.34. The lowest BCUT2D eigenvalue weighted by Crippen LogP contribution is -2.53. The van der Waals surface area contributed by atoms with E-state index in [0.29, 0.717) is 22.6 Å². The molecule has 2 aliphatic rings. The molecule has 1 atom stereocenters. The molecule has 2 amide bonds. The number of rotatable bonds is 4. The maximum atomic E-state index is 12.8. The van der Waals surface area contributed by atoms with Crippen LogP contribution in [0.2, 0.25) is 0 Å². The molecule has 150 valence electrons. The Morgan fingerprint density at radius 3 is 2.86 bits per heavy atom. The van der Waals surface area contributed by atoms with Gasteiger partial charge in [0.15, 0.2) is 0 Å². The van der Waals surface area contributed by atoms with E-state index in [1.807, 2.05) is 18.2 Å². The highest BCUT2D eigenvalue weighted by Crippen LogP contribution is 2.35. The molecule has 2 saturated heterocycles. The van der Waals surface area contributed by atoms with E-state index in [9.17, 15) is 9.59 Å². The largest absolute Gasteiger partial charge is 0.370 e. The number of anilines is 1. The van der Waals surface area contributed by atoms with Crippen molar-refractivity contribution in [2.24, 2.45) is 5.41 Å². The van der Waals surface area contributed by atoms with Crippen molar-refractivity contribution in [1.29, 1.82) is 5.26 Å². The summed E-state index contributed by atoms with van der Waals surface area (Å²) in [7, 11) is 0. The fourth-order valence-corrected chi connectivity index (χ4v) is 4.95. The molecule has 1 aromatic heterocycles. The number of hydrogen-bond acceptors (Lipinski definition) is 6. The van der Waals surface area contributed by atoms with Crippen molar-refractivity contribution in [2.75, 3.05) is 36.2 Å². The first kappa shape index (κ1) is 19.5. The van der Waals surface area contributed by atoms with Gasteiger partial charge >= 0.3 is 0 Å². The van der Waals surface area contributed by atoms with E-state index in [0.717, 1.165) is 29.7 Å². The lowest BCUT2D eigenvalue weighted by Gasteiger charge is -2.47. The van der Waals surface area contributed by atoms with Gasteiger partial charge in [-0.3, -0.25) is 14.6 Å². The monoisotopic (exact) mass is 409 g/mol. The van der Waals surface area contributed by atoms with E-state index in [-0.39, 0.29) is 18.4 Å². The van der Waals surface area contributed by atoms with Gasteiger partial charge in [0.2, 0.25) is 5.91 Å². The molecule has 7 nitrogen and oxygen atoms in total. The average Bonchev–Trinajstić information content (AvgIpc) is 3.18. The molecular weight excluding hydrogens is 386 g/mol. The van der Waals surface area contributed by atoms with Gasteiger partial charge in [0.05, 0.1) is 29.6 Å². The van der Waals surface area contributed by atoms with Gasteiger partial charge in [-0.2, -0.15) is 5.26 Å². The van der Waals surface area contributed by atoms with E-state index < -0.39 is 6.04 Å². The molecule has 0 aliphatic carbocycles. The van der Waals surface area contributed by atoms with Crippen molar-refractivity contribution in [1.82, 2.24) is 15.2 Å². The zero-order valence-electron chi connectivity index (χ0n) is 16.5. The maximum absolute atomic E-state index is 12.8. The average molecular weight is 410 g/mol. The Balaban J connectivity index is 1.50. The van der Waals surface area contributed by atoms with E-state index in [1.165, 1.54) is 4.90 Å². The van der Waals surface area contributed by atoms with Gasteiger partial charge < -0.3 is 15.1 Å². The Labute approximate surface area is 174 Å². The van der Waals surface area contributed by atoms with E-state index >= 15 is 0 Å². The molecule has 29 heavy (non-hydrogen) atoms. The summed E-state index contributed by atoms with van der Waals surface area (Å²) in [4.78, 5) is 33.4. The van der Waals surface area contributed by atoms with Crippen molar-refractivity contribution in [2.45, 2.75) is 19.9 Å². The zero-order valence-corrected chi connectivity index (χ0v) is 17.3. The van der Waals surface area contributed by atoms with Crippen LogP contribution in [-0.4, -0.2) is 59.0 Å². The molecule has 1 aromatic carbocycles. The number of fused-ring (bicyclic) bond motifs is 1. The molecule has 4 rings (SSSR count). The van der Waals surface area contributed by atoms with Crippen molar-refractivity contribution in [3.05, 3.63) is 36.0 Å². The number of carbonyl (C=O) groups excluding carboxylic acids is 2. The minimum atomic E-state index is -0.422. The molecule has 0 spiro atoms. The number of hydrogen-bond donors (Lipinski definition) is 1. The number of aromatic nitrogens is 1. The number of pyridine rings is 1. The molecule has 0 radical (unpaired) electrons. The third-order valence-corrected chi connectivity index (χ3v) is 6.34. The fourth-order valence-electron chi connectivity index (χ4n) is 3.85. The van der Waals surface area contributed by atoms with Crippen LogP contribution in [0.25, 0.3) is 10.9 Å². The summed E-state index contributed by atoms with van der Waals surface area (Å²) in [6.07, 6.45) is 1.61. The van der Waals surface area contributed by atoms with Gasteiger partial charge in [-0.1, -0.05) is 13.8 Å². The number of benzene rings is 1. The first-order valence-corrected chi connectivity index (χ1v) is 10.7. The fraction of sp³-hybridized carbons (Fsp3) is 0.429. The number of thioether (sulfide) groups is 1. The van der Waals surface area contributed by atoms with E-state index in [1.54, 1.807) is 24.0 Å². The molecule has 0 bridgehead atoms. The molecule has 2 aromatic rings. The summed E-state index contributed by atoms with van der Waals surface area (Å²) in [5.74, 6) is 0.547. The van der Waals surface area contributed by atoms with Crippen LogP contribution in [0.15, 0.2) is 30.5 Å². The molecule has 1 N–H and O–H groups in total. The second kappa shape index (κ2) is 7.56. The summed E-state index contributed by atoms with van der Waals surface area (Å²) in [6, 6.07) is 9.34. The first-order chi connectivity index (χ1) is 13.9. The van der Waals surface area contributed by atoms with E-state index in [4.69, 9.17) is 5.26 Å². The third-order valence-electron chi connectivity index (χ3n) is 5.32. The third kappa shape index (κ3) is 3.87. The van der Waals surface area contributed by atoms with E-state index in [2.05, 4.69) is 35.1 Å². The molecule has 2 fully saturated rings. The molecule has 0 saturated carbocycles. The number of carbonyl (C=O) groups is 2. The normalized spacial score (nSPS) is 20.2. The predicted molar refractivity (Wildman–Crippen MR) is 114 cm³/mol. The van der Waals surface area contributed by atoms with Gasteiger partial charge in [0.25, 0.3) is 5.91 Å². The Morgan fingerprint density at radius 2 is 2.14 bits per heavy atom. The molecule has 3 heterocycles. The quantitative estimate of drug-likeness (QED) is 0.833. The maximum Gasteiger partial charge on any atom is 0.252 e. The highest BCUT2D eigenvalue weighted by atomic mass is 32.2. The number of amides is 2. The van der Waals surface area contributed by atoms with Crippen LogP contribution in [0.3, 0.4) is 0 Å². The second-order valence-electron chi connectivity index (χ2n) is 8.27. The van der Waals surface area contributed by atoms with Crippen LogP contribution in [0.4, 0.5) is 5.69 Å². The Bertz CT molecular complexity index is 1010. The zero-order chi connectivity index (χ0) is 20.6. The topological polar surface area (TPSA) is 89.3 Å². The summed E-state index contributed by atoms with van der Waals surface area (Å²) in [5, 5.41) is 12.6. The standard InChI is InChI=1S/C21H23N5O2S/c1-21(2)11-25(12-21)14-3-4-18-17(7-14)16(5-6-23-18)20(28)24-9-19(27)26-13-29-10-15(26)8-22/h3-7,15H,9-13H2,1-2H3,(H,24,28). The lowest BCUT2D eigenvalue weighted by molar-refractivity contribution is -0.129. The first-order valence-electron chi connectivity index (χ1n) is 9.57. The number of nitrogens with one attached hydrogen (secondary N) is 1. The van der Waals surface area contributed by atoms with Crippen molar-refractivity contribution in [3.8, 4) is 6.07 Å². The van der Waals surface area contributed by atoms with Crippen LogP contribution in [0.5, 0.6) is 0 Å². The van der Waals surface area contributed by atoms with Crippen LogP contribution in [0, 0.1) is 16.7 Å². The van der Waals surface area contributed by atoms with Gasteiger partial charge in [-0.25, -0.2) is 0 Å². The van der Waals surface area contributed by atoms with Crippen LogP contribution in [0.1, 0.15) is 24.2 Å². The van der Waals surface area contributed by atoms with Gasteiger partial charge in [-0.15, -0.1) is 11.8 Å². The Hall–Kier alpha value is -2.79. The van der Waals surface area contributed by atoms with Gasteiger partial charge in [0.1, 0.15) is 6.04 Å². The smallest absolute Gasteiger partial charge is 0.252 e. The highest BCUT2D eigenvalue weighted by molar-refractivity contribution is 7.99. The summed E-state index contributed by atoms with van der Waals surface area (Å²) < 4.78 is 0. The summed E-state index contributed by atoms with van der Waals surface area (Å²) >= 11 is 1.54. The van der Waals surface area contributed by atoms with Crippen molar-refractivity contribution >= 4 is 40.2 Å². The van der Waals surface area contributed by atoms with Gasteiger partial charge in [0, 0.05) is 36.1 Å². The van der Waals surface area contributed by atoms with Crippen LogP contribution < -0.4 is 10.2 Å². The number of nitriles is 1. The number of nitrogens with zero attached hydrogens (tertiary/aromatic N) is 4. The summed E-state index contributed by atoms with van der Waals surface area (Å²) in [5.41, 5.74) is 2.62. The predicted octanol–water partition coefficient (Wildman–Crippen LogP) is 2.24. The molecule has 2 aliphatic heterocycles. The lowest BCUT2D eigenvalue weighted by atomic mass is 9.84. The second-order valence-corrected chi connectivity index (χ2v) is 9.27. The van der Waals surface area contributed by atoms with Crippen molar-refractivity contribution < 1.29 is 9.59 Å². The van der Waals surface area contributed by atoms with Gasteiger partial charge in [-0.05, 0) is 29.7 Å². The minimum Gasteiger partial charge on any atom is -0.370 e. The van der Waals surface area contributed by atoms with Crippen LogP contribution >= 0.6 is 11.8 Å². The molecule has 1 unspecified atom stereocenters. The Kier molecular flexibility index (Phi) is 5.09. The van der Waals surface area contributed by atoms with Crippen molar-refractivity contribution in [3.63, 3.8) is 0 Å². The minimum absolute atomic E-state index is 0.124.